The van der Waals surface area contributed by atoms with E-state index in [-0.39, 0.29) is 11.5 Å². The second kappa shape index (κ2) is 8.35. The van der Waals surface area contributed by atoms with Crippen molar-refractivity contribution < 1.29 is 23.8 Å². The van der Waals surface area contributed by atoms with Crippen LogP contribution in [0.15, 0.2) is 29.6 Å². The minimum atomic E-state index is -0.528. The molecule has 128 valence electrons. The number of rotatable bonds is 7. The molecule has 0 spiro atoms. The Balaban J connectivity index is 2.38. The van der Waals surface area contributed by atoms with E-state index in [2.05, 4.69) is 5.32 Å². The average molecular weight is 349 g/mol. The molecule has 1 aromatic carbocycles. The maximum absolute atomic E-state index is 12.3. The van der Waals surface area contributed by atoms with Gasteiger partial charge in [0.1, 0.15) is 0 Å². The van der Waals surface area contributed by atoms with E-state index >= 15 is 0 Å². The molecule has 0 bridgehead atoms. The van der Waals surface area contributed by atoms with E-state index in [9.17, 15) is 9.59 Å². The summed E-state index contributed by atoms with van der Waals surface area (Å²) in [6.45, 7) is 2.20. The molecule has 0 saturated heterocycles. The van der Waals surface area contributed by atoms with Crippen LogP contribution >= 0.6 is 11.3 Å². The molecule has 24 heavy (non-hydrogen) atoms. The maximum atomic E-state index is 12.3. The van der Waals surface area contributed by atoms with Crippen molar-refractivity contribution in [2.24, 2.45) is 0 Å². The summed E-state index contributed by atoms with van der Waals surface area (Å²) in [7, 11) is 2.96. The van der Waals surface area contributed by atoms with Crippen LogP contribution in [0.3, 0.4) is 0 Å². The molecule has 2 aromatic rings. The van der Waals surface area contributed by atoms with Gasteiger partial charge in [-0.25, -0.2) is 4.79 Å². The summed E-state index contributed by atoms with van der Waals surface area (Å²) in [5.74, 6) is -0.0397. The van der Waals surface area contributed by atoms with Crippen molar-refractivity contribution >= 4 is 28.9 Å². The lowest BCUT2D eigenvalue weighted by Crippen LogP contribution is -2.15. The number of anilines is 1. The number of amides is 1. The van der Waals surface area contributed by atoms with Crippen molar-refractivity contribution in [1.82, 2.24) is 0 Å². The number of ether oxygens (including phenoxy) is 3. The first-order chi connectivity index (χ1) is 11.6. The van der Waals surface area contributed by atoms with Gasteiger partial charge in [-0.05, 0) is 17.9 Å². The number of benzene rings is 1. The molecule has 1 amide bonds. The molecule has 0 radical (unpaired) electrons. The molecule has 0 aliphatic rings. The van der Waals surface area contributed by atoms with Gasteiger partial charge in [-0.2, -0.15) is 0 Å². The standard InChI is InChI=1S/C17H19NO5S/c1-4-7-23-17(20)11-9-13(21-2)14(22-3)10-12(11)18-16(19)15-6-5-8-24-15/h5-6,8-10H,4,7H2,1-3H3,(H,18,19). The van der Waals surface area contributed by atoms with Crippen molar-refractivity contribution in [1.29, 1.82) is 0 Å². The molecule has 0 atom stereocenters. The number of thiophene rings is 1. The Morgan fingerprint density at radius 3 is 2.46 bits per heavy atom. The third-order valence-corrected chi connectivity index (χ3v) is 4.04. The number of carbonyl (C=O) groups excluding carboxylic acids is 2. The smallest absolute Gasteiger partial charge is 0.340 e. The SMILES string of the molecule is CCCOC(=O)c1cc(OC)c(OC)cc1NC(=O)c1cccs1. The van der Waals surface area contributed by atoms with Crippen LogP contribution in [0.25, 0.3) is 0 Å². The van der Waals surface area contributed by atoms with E-state index in [0.717, 1.165) is 0 Å². The summed E-state index contributed by atoms with van der Waals surface area (Å²) in [6.07, 6.45) is 0.704. The van der Waals surface area contributed by atoms with Crippen LogP contribution in [0, 0.1) is 0 Å². The van der Waals surface area contributed by atoms with Crippen LogP contribution in [0.1, 0.15) is 33.4 Å². The molecule has 7 heteroatoms. The third kappa shape index (κ3) is 4.05. The third-order valence-electron chi connectivity index (χ3n) is 3.17. The first-order valence-electron chi connectivity index (χ1n) is 7.38. The van der Waals surface area contributed by atoms with Crippen molar-refractivity contribution in [2.75, 3.05) is 26.1 Å². The predicted octanol–water partition coefficient (Wildman–Crippen LogP) is 3.58. The fourth-order valence-electron chi connectivity index (χ4n) is 2.02. The van der Waals surface area contributed by atoms with Gasteiger partial charge in [0.2, 0.25) is 0 Å². The molecule has 0 fully saturated rings. The highest BCUT2D eigenvalue weighted by molar-refractivity contribution is 7.12. The predicted molar refractivity (Wildman–Crippen MR) is 92.4 cm³/mol. The van der Waals surface area contributed by atoms with E-state index in [1.165, 1.54) is 31.6 Å². The van der Waals surface area contributed by atoms with Gasteiger partial charge in [-0.15, -0.1) is 11.3 Å². The summed E-state index contributed by atoms with van der Waals surface area (Å²) >= 11 is 1.31. The van der Waals surface area contributed by atoms with Gasteiger partial charge >= 0.3 is 5.97 Å². The van der Waals surface area contributed by atoms with Gasteiger partial charge in [0, 0.05) is 12.1 Å². The largest absolute Gasteiger partial charge is 0.493 e. The van der Waals surface area contributed by atoms with Crippen molar-refractivity contribution in [3.8, 4) is 11.5 Å². The molecule has 0 aliphatic carbocycles. The lowest BCUT2D eigenvalue weighted by atomic mass is 10.1. The van der Waals surface area contributed by atoms with Crippen LogP contribution in [0.2, 0.25) is 0 Å². The van der Waals surface area contributed by atoms with Gasteiger partial charge in [0.05, 0.1) is 37.0 Å². The zero-order valence-electron chi connectivity index (χ0n) is 13.8. The molecule has 2 rings (SSSR count). The highest BCUT2D eigenvalue weighted by atomic mass is 32.1. The fraction of sp³-hybridized carbons (Fsp3) is 0.294. The average Bonchev–Trinajstić information content (AvgIpc) is 3.13. The van der Waals surface area contributed by atoms with Crippen LogP contribution in [0.4, 0.5) is 5.69 Å². The summed E-state index contributed by atoms with van der Waals surface area (Å²) in [4.78, 5) is 25.1. The molecule has 0 aliphatic heterocycles. The quantitative estimate of drug-likeness (QED) is 0.773. The van der Waals surface area contributed by atoms with Gasteiger partial charge < -0.3 is 19.5 Å². The Morgan fingerprint density at radius 2 is 1.88 bits per heavy atom. The molecular weight excluding hydrogens is 330 g/mol. The van der Waals surface area contributed by atoms with Crippen LogP contribution < -0.4 is 14.8 Å². The summed E-state index contributed by atoms with van der Waals surface area (Å²) in [6, 6.07) is 6.54. The molecule has 1 aromatic heterocycles. The molecule has 6 nitrogen and oxygen atoms in total. The highest BCUT2D eigenvalue weighted by Gasteiger charge is 2.20. The first-order valence-corrected chi connectivity index (χ1v) is 8.26. The Kier molecular flexibility index (Phi) is 6.20. The summed E-state index contributed by atoms with van der Waals surface area (Å²) in [5, 5.41) is 4.54. The second-order valence-electron chi connectivity index (χ2n) is 4.82. The van der Waals surface area contributed by atoms with E-state index < -0.39 is 5.97 Å². The molecule has 0 unspecified atom stereocenters. The van der Waals surface area contributed by atoms with E-state index in [1.54, 1.807) is 23.6 Å². The first kappa shape index (κ1) is 17.8. The van der Waals surface area contributed by atoms with Crippen molar-refractivity contribution in [2.45, 2.75) is 13.3 Å². The van der Waals surface area contributed by atoms with Crippen LogP contribution in [0.5, 0.6) is 11.5 Å². The lowest BCUT2D eigenvalue weighted by Gasteiger charge is -2.15. The fourth-order valence-corrected chi connectivity index (χ4v) is 2.63. The van der Waals surface area contributed by atoms with Gasteiger partial charge in [0.15, 0.2) is 11.5 Å². The Bertz CT molecular complexity index is 712. The number of hydrogen-bond donors (Lipinski definition) is 1. The Labute approximate surface area is 144 Å². The second-order valence-corrected chi connectivity index (χ2v) is 5.77. The van der Waals surface area contributed by atoms with Crippen LogP contribution in [-0.4, -0.2) is 32.7 Å². The van der Waals surface area contributed by atoms with Gasteiger partial charge in [-0.1, -0.05) is 13.0 Å². The number of carbonyl (C=O) groups is 2. The minimum absolute atomic E-state index is 0.214. The maximum Gasteiger partial charge on any atom is 0.340 e. The van der Waals surface area contributed by atoms with Gasteiger partial charge in [0.25, 0.3) is 5.91 Å². The Morgan fingerprint density at radius 1 is 1.17 bits per heavy atom. The molecule has 1 heterocycles. The van der Waals surface area contributed by atoms with E-state index in [0.29, 0.717) is 35.1 Å². The number of hydrogen-bond acceptors (Lipinski definition) is 6. The number of esters is 1. The molecule has 0 saturated carbocycles. The van der Waals surface area contributed by atoms with Crippen LogP contribution in [-0.2, 0) is 4.74 Å². The molecular formula is C17H19NO5S. The highest BCUT2D eigenvalue weighted by Crippen LogP contribution is 2.34. The normalized spacial score (nSPS) is 10.1. The van der Waals surface area contributed by atoms with Crippen molar-refractivity contribution in [3.05, 3.63) is 40.1 Å². The van der Waals surface area contributed by atoms with E-state index in [4.69, 9.17) is 14.2 Å². The van der Waals surface area contributed by atoms with Crippen molar-refractivity contribution in [3.63, 3.8) is 0 Å². The molecule has 1 N–H and O–H groups in total. The lowest BCUT2D eigenvalue weighted by molar-refractivity contribution is 0.0506. The number of methoxy groups -OCH3 is 2. The number of nitrogens with one attached hydrogen (secondary N) is 1. The zero-order chi connectivity index (χ0) is 17.5. The zero-order valence-corrected chi connectivity index (χ0v) is 14.6. The van der Waals surface area contributed by atoms with Gasteiger partial charge in [-0.3, -0.25) is 4.79 Å². The monoisotopic (exact) mass is 349 g/mol. The summed E-state index contributed by atoms with van der Waals surface area (Å²) in [5.41, 5.74) is 0.526. The summed E-state index contributed by atoms with van der Waals surface area (Å²) < 4.78 is 15.6. The minimum Gasteiger partial charge on any atom is -0.493 e. The van der Waals surface area contributed by atoms with E-state index in [1.807, 2.05) is 6.92 Å². The topological polar surface area (TPSA) is 73.9 Å². The Hall–Kier alpha value is -2.54.